The lowest BCUT2D eigenvalue weighted by Gasteiger charge is -2.24. The van der Waals surface area contributed by atoms with Crippen molar-refractivity contribution in [3.63, 3.8) is 0 Å². The summed E-state index contributed by atoms with van der Waals surface area (Å²) in [5, 5.41) is 20.6. The van der Waals surface area contributed by atoms with Crippen LogP contribution in [0.25, 0.3) is 0 Å². The van der Waals surface area contributed by atoms with Crippen LogP contribution in [-0.2, 0) is 19.0 Å². The molecule has 2 N–H and O–H groups in total. The molecule has 0 aromatic rings. The number of aliphatic hydroxyl groups is 2. The standard InChI is InChI=1S/C23H42O6/c1-3-4-5-6-7-8-9-10-11-18(25)20-12-14-22(28-20)23-15-13-21(29-23)19(26)16-27-17(2)24/h18-23,25-26H,3-16H2,1-2H3/t18-,19-,20-,21+,22+,23+/m1/s1. The fourth-order valence-electron chi connectivity index (χ4n) is 4.47. The Hall–Kier alpha value is -0.690. The summed E-state index contributed by atoms with van der Waals surface area (Å²) in [6.45, 7) is 3.54. The summed E-state index contributed by atoms with van der Waals surface area (Å²) in [6, 6.07) is 0. The maximum atomic E-state index is 10.9. The first-order valence-corrected chi connectivity index (χ1v) is 11.8. The number of hydrogen-bond acceptors (Lipinski definition) is 6. The van der Waals surface area contributed by atoms with Crippen molar-refractivity contribution in [2.45, 2.75) is 134 Å². The third kappa shape index (κ3) is 8.91. The van der Waals surface area contributed by atoms with Gasteiger partial charge in [0.25, 0.3) is 0 Å². The Morgan fingerprint density at radius 3 is 1.93 bits per heavy atom. The highest BCUT2D eigenvalue weighted by Crippen LogP contribution is 2.34. The molecule has 0 radical (unpaired) electrons. The Morgan fingerprint density at radius 2 is 1.38 bits per heavy atom. The quantitative estimate of drug-likeness (QED) is 0.331. The number of carbonyl (C=O) groups is 1. The van der Waals surface area contributed by atoms with Gasteiger partial charge in [0.2, 0.25) is 0 Å². The molecular weight excluding hydrogens is 372 g/mol. The lowest BCUT2D eigenvalue weighted by atomic mass is 10.0. The summed E-state index contributed by atoms with van der Waals surface area (Å²) in [6.07, 6.45) is 12.6. The number of hydrogen-bond donors (Lipinski definition) is 2. The Kier molecular flexibility index (Phi) is 11.5. The normalized spacial score (nSPS) is 29.1. The van der Waals surface area contributed by atoms with Crippen LogP contribution in [0, 0.1) is 0 Å². The molecule has 2 heterocycles. The van der Waals surface area contributed by atoms with Crippen LogP contribution in [-0.4, -0.2) is 59.4 Å². The minimum absolute atomic E-state index is 0.0147. The van der Waals surface area contributed by atoms with Gasteiger partial charge in [-0.2, -0.15) is 0 Å². The molecule has 0 saturated carbocycles. The van der Waals surface area contributed by atoms with E-state index in [2.05, 4.69) is 6.92 Å². The van der Waals surface area contributed by atoms with Crippen LogP contribution in [0.5, 0.6) is 0 Å². The van der Waals surface area contributed by atoms with E-state index in [1.165, 1.54) is 51.9 Å². The van der Waals surface area contributed by atoms with Gasteiger partial charge < -0.3 is 24.4 Å². The molecule has 6 nitrogen and oxygen atoms in total. The topological polar surface area (TPSA) is 85.2 Å². The summed E-state index contributed by atoms with van der Waals surface area (Å²) in [4.78, 5) is 10.9. The third-order valence-corrected chi connectivity index (χ3v) is 6.25. The Labute approximate surface area is 176 Å². The average molecular weight is 415 g/mol. The Morgan fingerprint density at radius 1 is 0.862 bits per heavy atom. The van der Waals surface area contributed by atoms with E-state index in [1.807, 2.05) is 0 Å². The van der Waals surface area contributed by atoms with Gasteiger partial charge in [-0.1, -0.05) is 58.3 Å². The Bertz CT molecular complexity index is 457. The largest absolute Gasteiger partial charge is 0.463 e. The van der Waals surface area contributed by atoms with E-state index in [4.69, 9.17) is 14.2 Å². The van der Waals surface area contributed by atoms with Crippen molar-refractivity contribution in [1.29, 1.82) is 0 Å². The van der Waals surface area contributed by atoms with E-state index in [9.17, 15) is 15.0 Å². The molecule has 2 aliphatic heterocycles. The number of esters is 1. The third-order valence-electron chi connectivity index (χ3n) is 6.25. The molecular formula is C23H42O6. The average Bonchev–Trinajstić information content (AvgIpc) is 3.37. The molecule has 2 fully saturated rings. The molecule has 29 heavy (non-hydrogen) atoms. The first-order chi connectivity index (χ1) is 14.0. The van der Waals surface area contributed by atoms with Crippen molar-refractivity contribution in [1.82, 2.24) is 0 Å². The van der Waals surface area contributed by atoms with Gasteiger partial charge in [-0.15, -0.1) is 0 Å². The van der Waals surface area contributed by atoms with E-state index in [-0.39, 0.29) is 31.0 Å². The lowest BCUT2D eigenvalue weighted by Crippen LogP contribution is -2.35. The molecule has 0 spiro atoms. The molecule has 0 aliphatic carbocycles. The van der Waals surface area contributed by atoms with Gasteiger partial charge in [0, 0.05) is 6.92 Å². The van der Waals surface area contributed by atoms with Gasteiger partial charge in [-0.3, -0.25) is 4.79 Å². The molecule has 2 aliphatic rings. The second-order valence-electron chi connectivity index (χ2n) is 8.78. The highest BCUT2D eigenvalue weighted by molar-refractivity contribution is 5.65. The van der Waals surface area contributed by atoms with Gasteiger partial charge in [-0.25, -0.2) is 0 Å². The molecule has 0 aromatic heterocycles. The van der Waals surface area contributed by atoms with Crippen molar-refractivity contribution < 1.29 is 29.2 Å². The first kappa shape index (κ1) is 24.6. The number of rotatable bonds is 14. The monoisotopic (exact) mass is 414 g/mol. The van der Waals surface area contributed by atoms with Gasteiger partial charge in [0.15, 0.2) is 0 Å². The molecule has 2 saturated heterocycles. The SMILES string of the molecule is CCCCCCCCCC[C@@H](O)[C@H]1CC[C@@H]([C@@H]2CC[C@@H]([C@H](O)COC(C)=O)O2)O1. The highest BCUT2D eigenvalue weighted by Gasteiger charge is 2.40. The van der Waals surface area contributed by atoms with Crippen LogP contribution < -0.4 is 0 Å². The van der Waals surface area contributed by atoms with Crippen molar-refractivity contribution in [3.05, 3.63) is 0 Å². The molecule has 0 bridgehead atoms. The van der Waals surface area contributed by atoms with Crippen molar-refractivity contribution >= 4 is 5.97 Å². The number of carbonyl (C=O) groups excluding carboxylic acids is 1. The van der Waals surface area contributed by atoms with Gasteiger partial charge in [-0.05, 0) is 32.1 Å². The van der Waals surface area contributed by atoms with E-state index in [1.54, 1.807) is 0 Å². The van der Waals surface area contributed by atoms with Gasteiger partial charge >= 0.3 is 5.97 Å². The minimum atomic E-state index is -0.798. The van der Waals surface area contributed by atoms with Crippen LogP contribution in [0.1, 0.15) is 97.3 Å². The second-order valence-corrected chi connectivity index (χ2v) is 8.78. The maximum absolute atomic E-state index is 10.9. The number of aliphatic hydroxyl groups excluding tert-OH is 2. The molecule has 0 aromatic carbocycles. The van der Waals surface area contributed by atoms with Crippen LogP contribution in [0.15, 0.2) is 0 Å². The predicted octanol–water partition coefficient (Wildman–Crippen LogP) is 3.90. The van der Waals surface area contributed by atoms with Gasteiger partial charge in [0.1, 0.15) is 12.7 Å². The lowest BCUT2D eigenvalue weighted by molar-refractivity contribution is -0.149. The molecule has 170 valence electrons. The van der Waals surface area contributed by atoms with Gasteiger partial charge in [0.05, 0.1) is 30.5 Å². The minimum Gasteiger partial charge on any atom is -0.463 e. The fourth-order valence-corrected chi connectivity index (χ4v) is 4.47. The van der Waals surface area contributed by atoms with E-state index < -0.39 is 18.2 Å². The van der Waals surface area contributed by atoms with E-state index in [0.717, 1.165) is 38.5 Å². The number of ether oxygens (including phenoxy) is 3. The van der Waals surface area contributed by atoms with Crippen molar-refractivity contribution in [2.24, 2.45) is 0 Å². The maximum Gasteiger partial charge on any atom is 0.302 e. The first-order valence-electron chi connectivity index (χ1n) is 11.8. The zero-order valence-electron chi connectivity index (χ0n) is 18.4. The van der Waals surface area contributed by atoms with Crippen LogP contribution in [0.3, 0.4) is 0 Å². The van der Waals surface area contributed by atoms with Crippen molar-refractivity contribution in [3.8, 4) is 0 Å². The van der Waals surface area contributed by atoms with Crippen LogP contribution >= 0.6 is 0 Å². The fraction of sp³-hybridized carbons (Fsp3) is 0.957. The summed E-state index contributed by atoms with van der Waals surface area (Å²) >= 11 is 0. The molecule has 0 unspecified atom stereocenters. The van der Waals surface area contributed by atoms with Crippen LogP contribution in [0.2, 0.25) is 0 Å². The molecule has 2 rings (SSSR count). The Balaban J connectivity index is 1.57. The van der Waals surface area contributed by atoms with E-state index >= 15 is 0 Å². The zero-order chi connectivity index (χ0) is 21.1. The van der Waals surface area contributed by atoms with Crippen molar-refractivity contribution in [2.75, 3.05) is 6.61 Å². The van der Waals surface area contributed by atoms with Crippen LogP contribution in [0.4, 0.5) is 0 Å². The molecule has 0 amide bonds. The second kappa shape index (κ2) is 13.6. The summed E-state index contributed by atoms with van der Waals surface area (Å²) in [7, 11) is 0. The molecule has 6 heteroatoms. The summed E-state index contributed by atoms with van der Waals surface area (Å²) in [5.74, 6) is -0.397. The van der Waals surface area contributed by atoms with E-state index in [0.29, 0.717) is 0 Å². The summed E-state index contributed by atoms with van der Waals surface area (Å²) < 4.78 is 17.0. The smallest absolute Gasteiger partial charge is 0.302 e. The predicted molar refractivity (Wildman–Crippen MR) is 112 cm³/mol. The highest BCUT2D eigenvalue weighted by atomic mass is 16.6. The number of unbranched alkanes of at least 4 members (excludes halogenated alkanes) is 7. The molecule has 6 atom stereocenters. The zero-order valence-corrected chi connectivity index (χ0v) is 18.4. The summed E-state index contributed by atoms with van der Waals surface area (Å²) in [5.41, 5.74) is 0.